The van der Waals surface area contributed by atoms with Crippen LogP contribution >= 0.6 is 0 Å². The zero-order valence-electron chi connectivity index (χ0n) is 15.5. The fourth-order valence-corrected chi connectivity index (χ4v) is 2.80. The molecular weight excluding hydrogens is 294 g/mol. The van der Waals surface area contributed by atoms with Crippen molar-refractivity contribution in [2.75, 3.05) is 19.6 Å². The van der Waals surface area contributed by atoms with Crippen molar-refractivity contribution < 1.29 is 14.3 Å². The van der Waals surface area contributed by atoms with E-state index in [1.54, 1.807) is 11.8 Å². The van der Waals surface area contributed by atoms with Crippen molar-refractivity contribution >= 4 is 12.0 Å². The van der Waals surface area contributed by atoms with Gasteiger partial charge in [0.1, 0.15) is 5.60 Å². The standard InChI is InChI=1S/C17H33N3O3/c1-12(2)20(15(21)13(3)18)11-14-8-7-9-19(10-14)16(22)23-17(4,5)6/h12-14H,7-11,18H2,1-6H3/t13-,14?/m0/s1. The van der Waals surface area contributed by atoms with Crippen LogP contribution in [0.15, 0.2) is 0 Å². The zero-order valence-corrected chi connectivity index (χ0v) is 15.5. The fraction of sp³-hybridized carbons (Fsp3) is 0.882. The lowest BCUT2D eigenvalue weighted by molar-refractivity contribution is -0.134. The molecule has 0 radical (unpaired) electrons. The molecule has 6 heteroatoms. The van der Waals surface area contributed by atoms with E-state index in [0.717, 1.165) is 12.8 Å². The smallest absolute Gasteiger partial charge is 0.410 e. The number of carbonyl (C=O) groups excluding carboxylic acids is 2. The Morgan fingerprint density at radius 2 is 1.91 bits per heavy atom. The Kier molecular flexibility index (Phi) is 6.86. The van der Waals surface area contributed by atoms with Gasteiger partial charge in [-0.05, 0) is 60.3 Å². The van der Waals surface area contributed by atoms with Crippen molar-refractivity contribution in [3.8, 4) is 0 Å². The third-order valence-electron chi connectivity index (χ3n) is 3.92. The van der Waals surface area contributed by atoms with E-state index in [0.29, 0.717) is 19.6 Å². The molecule has 0 aromatic carbocycles. The highest BCUT2D eigenvalue weighted by Gasteiger charge is 2.30. The topological polar surface area (TPSA) is 75.9 Å². The predicted octanol–water partition coefficient (Wildman–Crippen LogP) is 2.22. The summed E-state index contributed by atoms with van der Waals surface area (Å²) in [7, 11) is 0. The van der Waals surface area contributed by atoms with E-state index >= 15 is 0 Å². The number of likely N-dealkylation sites (tertiary alicyclic amines) is 1. The highest BCUT2D eigenvalue weighted by molar-refractivity contribution is 5.81. The fourth-order valence-electron chi connectivity index (χ4n) is 2.80. The summed E-state index contributed by atoms with van der Waals surface area (Å²) in [5.41, 5.74) is 5.26. The summed E-state index contributed by atoms with van der Waals surface area (Å²) in [6, 6.07) is -0.395. The first-order valence-electron chi connectivity index (χ1n) is 8.55. The third-order valence-corrected chi connectivity index (χ3v) is 3.92. The van der Waals surface area contributed by atoms with Crippen molar-refractivity contribution in [2.24, 2.45) is 11.7 Å². The second kappa shape index (κ2) is 7.99. The van der Waals surface area contributed by atoms with Crippen LogP contribution in [0.25, 0.3) is 0 Å². The highest BCUT2D eigenvalue weighted by atomic mass is 16.6. The van der Waals surface area contributed by atoms with Gasteiger partial charge in [-0.3, -0.25) is 4.79 Å². The second-order valence-electron chi connectivity index (χ2n) is 7.81. The van der Waals surface area contributed by atoms with Crippen LogP contribution in [0.1, 0.15) is 54.4 Å². The number of piperidine rings is 1. The van der Waals surface area contributed by atoms with Crippen molar-refractivity contribution in [2.45, 2.75) is 72.1 Å². The summed E-state index contributed by atoms with van der Waals surface area (Å²) in [6.07, 6.45) is 1.67. The van der Waals surface area contributed by atoms with Gasteiger partial charge in [0, 0.05) is 25.7 Å². The maximum atomic E-state index is 12.3. The van der Waals surface area contributed by atoms with Crippen LogP contribution in [0.3, 0.4) is 0 Å². The first-order chi connectivity index (χ1) is 10.5. The van der Waals surface area contributed by atoms with E-state index in [4.69, 9.17) is 10.5 Å². The molecule has 2 N–H and O–H groups in total. The van der Waals surface area contributed by atoms with E-state index in [9.17, 15) is 9.59 Å². The van der Waals surface area contributed by atoms with Crippen LogP contribution in [-0.4, -0.2) is 59.1 Å². The Morgan fingerprint density at radius 3 is 2.39 bits per heavy atom. The van der Waals surface area contributed by atoms with Gasteiger partial charge < -0.3 is 20.3 Å². The minimum atomic E-state index is -0.497. The van der Waals surface area contributed by atoms with Crippen LogP contribution in [-0.2, 0) is 9.53 Å². The lowest BCUT2D eigenvalue weighted by atomic mass is 9.97. The molecule has 1 fully saturated rings. The van der Waals surface area contributed by atoms with E-state index in [2.05, 4.69) is 0 Å². The van der Waals surface area contributed by atoms with Gasteiger partial charge >= 0.3 is 6.09 Å². The summed E-state index contributed by atoms with van der Waals surface area (Å²) in [5.74, 6) is 0.232. The molecule has 1 saturated heterocycles. The normalized spacial score (nSPS) is 20.3. The summed E-state index contributed by atoms with van der Waals surface area (Å²) in [4.78, 5) is 28.1. The Hall–Kier alpha value is -1.30. The van der Waals surface area contributed by atoms with Crippen LogP contribution in [0, 0.1) is 5.92 Å². The average molecular weight is 327 g/mol. The largest absolute Gasteiger partial charge is 0.444 e. The lowest BCUT2D eigenvalue weighted by Gasteiger charge is -2.38. The van der Waals surface area contributed by atoms with Crippen molar-refractivity contribution in [3.63, 3.8) is 0 Å². The molecule has 0 spiro atoms. The Labute approximate surface area is 140 Å². The van der Waals surface area contributed by atoms with E-state index in [1.807, 2.05) is 39.5 Å². The number of carbonyl (C=O) groups is 2. The first-order valence-corrected chi connectivity index (χ1v) is 8.55. The molecule has 2 atom stereocenters. The molecule has 0 aromatic heterocycles. The number of hydrogen-bond donors (Lipinski definition) is 1. The van der Waals surface area contributed by atoms with E-state index in [-0.39, 0.29) is 24.0 Å². The van der Waals surface area contributed by atoms with Crippen LogP contribution in [0.4, 0.5) is 4.79 Å². The Bertz CT molecular complexity index is 416. The van der Waals surface area contributed by atoms with Crippen molar-refractivity contribution in [3.05, 3.63) is 0 Å². The van der Waals surface area contributed by atoms with Gasteiger partial charge in [-0.25, -0.2) is 4.79 Å². The Balaban J connectivity index is 2.67. The van der Waals surface area contributed by atoms with Gasteiger partial charge in [0.05, 0.1) is 6.04 Å². The molecule has 1 unspecified atom stereocenters. The molecule has 0 aromatic rings. The number of ether oxygens (including phenoxy) is 1. The van der Waals surface area contributed by atoms with Crippen LogP contribution in [0.2, 0.25) is 0 Å². The minimum absolute atomic E-state index is 0.0330. The molecule has 0 saturated carbocycles. The summed E-state index contributed by atoms with van der Waals surface area (Å²) in [5, 5.41) is 0. The van der Waals surface area contributed by atoms with Gasteiger partial charge in [-0.1, -0.05) is 0 Å². The number of nitrogens with zero attached hydrogens (tertiary/aromatic N) is 2. The molecule has 6 nitrogen and oxygen atoms in total. The van der Waals surface area contributed by atoms with Crippen LogP contribution in [0.5, 0.6) is 0 Å². The maximum Gasteiger partial charge on any atom is 0.410 e. The first kappa shape index (κ1) is 19.7. The number of hydrogen-bond acceptors (Lipinski definition) is 4. The predicted molar refractivity (Wildman–Crippen MR) is 91.0 cm³/mol. The van der Waals surface area contributed by atoms with E-state index < -0.39 is 11.6 Å². The van der Waals surface area contributed by atoms with E-state index in [1.165, 1.54) is 0 Å². The minimum Gasteiger partial charge on any atom is -0.444 e. The molecule has 134 valence electrons. The third kappa shape index (κ3) is 6.37. The van der Waals surface area contributed by atoms with Crippen LogP contribution < -0.4 is 5.73 Å². The van der Waals surface area contributed by atoms with Gasteiger partial charge in [-0.2, -0.15) is 0 Å². The molecule has 2 amide bonds. The highest BCUT2D eigenvalue weighted by Crippen LogP contribution is 2.21. The molecule has 1 rings (SSSR count). The second-order valence-corrected chi connectivity index (χ2v) is 7.81. The monoisotopic (exact) mass is 327 g/mol. The van der Waals surface area contributed by atoms with Gasteiger partial charge in [0.15, 0.2) is 0 Å². The molecular formula is C17H33N3O3. The number of rotatable bonds is 4. The summed E-state index contributed by atoms with van der Waals surface area (Å²) in [6.45, 7) is 13.3. The number of amides is 2. The summed E-state index contributed by atoms with van der Waals surface area (Å²) >= 11 is 0. The zero-order chi connectivity index (χ0) is 17.8. The average Bonchev–Trinajstić information content (AvgIpc) is 2.42. The molecule has 23 heavy (non-hydrogen) atoms. The molecule has 1 heterocycles. The molecule has 1 aliphatic rings. The van der Waals surface area contributed by atoms with Gasteiger partial charge in [-0.15, -0.1) is 0 Å². The van der Waals surface area contributed by atoms with Crippen molar-refractivity contribution in [1.29, 1.82) is 0 Å². The quantitative estimate of drug-likeness (QED) is 0.859. The SMILES string of the molecule is CC(C)N(CC1CCCN(C(=O)OC(C)(C)C)C1)C(=O)[C@H](C)N. The molecule has 1 aliphatic heterocycles. The summed E-state index contributed by atoms with van der Waals surface area (Å²) < 4.78 is 5.45. The molecule has 0 aliphatic carbocycles. The lowest BCUT2D eigenvalue weighted by Crippen LogP contribution is -2.51. The van der Waals surface area contributed by atoms with Crippen molar-refractivity contribution in [1.82, 2.24) is 9.80 Å². The maximum absolute atomic E-state index is 12.3. The van der Waals surface area contributed by atoms with Gasteiger partial charge in [0.2, 0.25) is 5.91 Å². The number of nitrogens with two attached hydrogens (primary N) is 1. The molecule has 0 bridgehead atoms. The Morgan fingerprint density at radius 1 is 1.30 bits per heavy atom. The van der Waals surface area contributed by atoms with Gasteiger partial charge in [0.25, 0.3) is 0 Å².